The molecule has 5 nitrogen and oxygen atoms in total. The van der Waals surface area contributed by atoms with Gasteiger partial charge in [0.2, 0.25) is 0 Å². The summed E-state index contributed by atoms with van der Waals surface area (Å²) in [5, 5.41) is 2.54. The summed E-state index contributed by atoms with van der Waals surface area (Å²) in [7, 11) is 1.37. The van der Waals surface area contributed by atoms with Gasteiger partial charge < -0.3 is 15.8 Å². The van der Waals surface area contributed by atoms with Crippen LogP contribution in [-0.4, -0.2) is 18.0 Å². The number of hydrogen-bond acceptors (Lipinski definition) is 4. The number of methoxy groups -OCH3 is 1. The Kier molecular flexibility index (Phi) is 4.19. The number of carbonyl (C=O) groups is 1. The number of pyridine rings is 1. The third kappa shape index (κ3) is 3.05. The van der Waals surface area contributed by atoms with Gasteiger partial charge >= 0.3 is 0 Å². The van der Waals surface area contributed by atoms with Crippen molar-refractivity contribution in [1.82, 2.24) is 4.98 Å². The molecule has 3 N–H and O–H groups in total. The predicted octanol–water partition coefficient (Wildman–Crippen LogP) is 2.83. The Balaban J connectivity index is 2.23. The molecule has 0 spiro atoms. The van der Waals surface area contributed by atoms with Crippen molar-refractivity contribution in [1.29, 1.82) is 0 Å². The van der Waals surface area contributed by atoms with E-state index >= 15 is 0 Å². The quantitative estimate of drug-likeness (QED) is 0.901. The molecule has 1 aromatic heterocycles. The molecule has 20 heavy (non-hydrogen) atoms. The van der Waals surface area contributed by atoms with Crippen LogP contribution in [0.3, 0.4) is 0 Å². The van der Waals surface area contributed by atoms with Crippen molar-refractivity contribution in [3.05, 3.63) is 46.3 Å². The smallest absolute Gasteiger partial charge is 0.259 e. The minimum absolute atomic E-state index is 0.0969. The first-order chi connectivity index (χ1) is 9.51. The van der Waals surface area contributed by atoms with E-state index in [-0.39, 0.29) is 17.1 Å². The molecule has 0 saturated carbocycles. The first kappa shape index (κ1) is 14.3. The maximum atomic E-state index is 13.5. The van der Waals surface area contributed by atoms with Crippen LogP contribution < -0.4 is 15.8 Å². The highest BCUT2D eigenvalue weighted by Gasteiger charge is 2.13. The number of nitrogens with zero attached hydrogens (tertiary/aromatic N) is 1. The lowest BCUT2D eigenvalue weighted by Gasteiger charge is -2.08. The number of halogens is 2. The standard InChI is InChI=1S/C13H11BrFN3O2/c1-20-11-3-2-8(5-10(11)15)18-13(19)9-4-7(14)6-17-12(9)16/h2-6H,1H3,(H2,16,17)(H,18,19). The highest BCUT2D eigenvalue weighted by molar-refractivity contribution is 9.10. The molecule has 1 aromatic carbocycles. The van der Waals surface area contributed by atoms with E-state index in [1.807, 2.05) is 0 Å². The van der Waals surface area contributed by atoms with Crippen LogP contribution in [0.15, 0.2) is 34.9 Å². The number of ether oxygens (including phenoxy) is 1. The summed E-state index contributed by atoms with van der Waals surface area (Å²) in [6.07, 6.45) is 1.49. The zero-order valence-electron chi connectivity index (χ0n) is 10.5. The van der Waals surface area contributed by atoms with Crippen LogP contribution in [0.2, 0.25) is 0 Å². The second kappa shape index (κ2) is 5.87. The first-order valence-corrected chi connectivity index (χ1v) is 6.36. The van der Waals surface area contributed by atoms with E-state index in [0.29, 0.717) is 10.2 Å². The second-order valence-electron chi connectivity index (χ2n) is 3.89. The number of anilines is 2. The fourth-order valence-electron chi connectivity index (χ4n) is 1.57. The second-order valence-corrected chi connectivity index (χ2v) is 4.81. The van der Waals surface area contributed by atoms with Crippen LogP contribution in [0.4, 0.5) is 15.9 Å². The van der Waals surface area contributed by atoms with Gasteiger partial charge in [-0.1, -0.05) is 0 Å². The van der Waals surface area contributed by atoms with Gasteiger partial charge in [-0.2, -0.15) is 0 Å². The minimum Gasteiger partial charge on any atom is -0.494 e. The summed E-state index contributed by atoms with van der Waals surface area (Å²) in [4.78, 5) is 15.9. The van der Waals surface area contributed by atoms with E-state index in [4.69, 9.17) is 10.5 Å². The molecule has 0 atom stereocenters. The van der Waals surface area contributed by atoms with Gasteiger partial charge in [-0.3, -0.25) is 4.79 Å². The van der Waals surface area contributed by atoms with Gasteiger partial charge in [-0.25, -0.2) is 9.37 Å². The monoisotopic (exact) mass is 339 g/mol. The number of benzene rings is 1. The number of nitrogens with two attached hydrogens (primary N) is 1. The molecule has 0 bridgehead atoms. The van der Waals surface area contributed by atoms with Crippen LogP contribution in [0.25, 0.3) is 0 Å². The number of nitrogen functional groups attached to an aromatic ring is 1. The highest BCUT2D eigenvalue weighted by Crippen LogP contribution is 2.22. The Bertz CT molecular complexity index is 664. The van der Waals surface area contributed by atoms with Crippen LogP contribution in [0, 0.1) is 5.82 Å². The maximum Gasteiger partial charge on any atom is 0.259 e. The van der Waals surface area contributed by atoms with Crippen molar-refractivity contribution >= 4 is 33.3 Å². The Labute approximate surface area is 123 Å². The fourth-order valence-corrected chi connectivity index (χ4v) is 1.91. The lowest BCUT2D eigenvalue weighted by Crippen LogP contribution is -2.15. The van der Waals surface area contributed by atoms with E-state index in [0.717, 1.165) is 0 Å². The van der Waals surface area contributed by atoms with Gasteiger partial charge in [0.05, 0.1) is 12.7 Å². The van der Waals surface area contributed by atoms with Crippen LogP contribution >= 0.6 is 15.9 Å². The molecule has 0 aliphatic rings. The molecule has 7 heteroatoms. The van der Waals surface area contributed by atoms with E-state index < -0.39 is 11.7 Å². The summed E-state index contributed by atoms with van der Waals surface area (Å²) in [6.45, 7) is 0. The topological polar surface area (TPSA) is 77.2 Å². The zero-order valence-corrected chi connectivity index (χ0v) is 12.1. The number of aromatic nitrogens is 1. The van der Waals surface area contributed by atoms with Crippen molar-refractivity contribution in [3.8, 4) is 5.75 Å². The number of hydrogen-bond donors (Lipinski definition) is 2. The Morgan fingerprint density at radius 1 is 1.45 bits per heavy atom. The molecule has 1 heterocycles. The first-order valence-electron chi connectivity index (χ1n) is 5.57. The SMILES string of the molecule is COc1ccc(NC(=O)c2cc(Br)cnc2N)cc1F. The predicted molar refractivity (Wildman–Crippen MR) is 77.3 cm³/mol. The van der Waals surface area contributed by atoms with E-state index in [1.54, 1.807) is 0 Å². The molecule has 0 radical (unpaired) electrons. The normalized spacial score (nSPS) is 10.2. The molecule has 104 valence electrons. The number of carbonyl (C=O) groups excluding carboxylic acids is 1. The van der Waals surface area contributed by atoms with Crippen LogP contribution in [0.5, 0.6) is 5.75 Å². The number of rotatable bonds is 3. The molecule has 0 unspecified atom stereocenters. The molecule has 1 amide bonds. The molecule has 0 saturated heterocycles. The van der Waals surface area contributed by atoms with Gasteiger partial charge in [0.1, 0.15) is 5.82 Å². The Morgan fingerprint density at radius 2 is 2.20 bits per heavy atom. The van der Waals surface area contributed by atoms with E-state index in [2.05, 4.69) is 26.2 Å². The van der Waals surface area contributed by atoms with E-state index in [1.165, 1.54) is 37.6 Å². The van der Waals surface area contributed by atoms with Gasteiger partial charge in [-0.05, 0) is 34.1 Å². The summed E-state index contributed by atoms with van der Waals surface area (Å²) >= 11 is 3.21. The lowest BCUT2D eigenvalue weighted by atomic mass is 10.2. The fraction of sp³-hybridized carbons (Fsp3) is 0.0769. The molecule has 0 aliphatic heterocycles. The minimum atomic E-state index is -0.564. The zero-order chi connectivity index (χ0) is 14.7. The summed E-state index contributed by atoms with van der Waals surface area (Å²) in [5.74, 6) is -0.835. The average molecular weight is 340 g/mol. The molecule has 0 aliphatic carbocycles. The van der Waals surface area contributed by atoms with Gasteiger partial charge in [0.15, 0.2) is 11.6 Å². The van der Waals surface area contributed by atoms with Gasteiger partial charge in [0.25, 0.3) is 5.91 Å². The average Bonchev–Trinajstić information content (AvgIpc) is 2.41. The highest BCUT2D eigenvalue weighted by atomic mass is 79.9. The molecule has 2 rings (SSSR count). The number of nitrogens with one attached hydrogen (secondary N) is 1. The maximum absolute atomic E-state index is 13.5. The summed E-state index contributed by atoms with van der Waals surface area (Å²) in [5.41, 5.74) is 6.14. The van der Waals surface area contributed by atoms with Crippen molar-refractivity contribution in [2.45, 2.75) is 0 Å². The largest absolute Gasteiger partial charge is 0.494 e. The molecular weight excluding hydrogens is 329 g/mol. The number of amides is 1. The third-order valence-electron chi connectivity index (χ3n) is 2.54. The van der Waals surface area contributed by atoms with E-state index in [9.17, 15) is 9.18 Å². The van der Waals surface area contributed by atoms with Gasteiger partial charge in [-0.15, -0.1) is 0 Å². The van der Waals surface area contributed by atoms with Gasteiger partial charge in [0, 0.05) is 22.4 Å². The molecule has 2 aromatic rings. The molecular formula is C13H11BrFN3O2. The Hall–Kier alpha value is -2.15. The summed E-state index contributed by atoms with van der Waals surface area (Å²) < 4.78 is 18.9. The van der Waals surface area contributed by atoms with Crippen molar-refractivity contribution in [2.24, 2.45) is 0 Å². The van der Waals surface area contributed by atoms with Crippen LogP contribution in [-0.2, 0) is 0 Å². The molecule has 0 fully saturated rings. The lowest BCUT2D eigenvalue weighted by molar-refractivity contribution is 0.102. The van der Waals surface area contributed by atoms with Crippen LogP contribution in [0.1, 0.15) is 10.4 Å². The Morgan fingerprint density at radius 3 is 2.85 bits per heavy atom. The summed E-state index contributed by atoms with van der Waals surface area (Å²) in [6, 6.07) is 5.66. The van der Waals surface area contributed by atoms with Crippen molar-refractivity contribution < 1.29 is 13.9 Å². The third-order valence-corrected chi connectivity index (χ3v) is 2.97. The van der Waals surface area contributed by atoms with Crippen molar-refractivity contribution in [2.75, 3.05) is 18.2 Å². The van der Waals surface area contributed by atoms with Crippen molar-refractivity contribution in [3.63, 3.8) is 0 Å².